The summed E-state index contributed by atoms with van der Waals surface area (Å²) in [7, 11) is -2.08. The largest absolute Gasteiger partial charge is 0.493 e. The Kier molecular flexibility index (Phi) is 9.33. The van der Waals surface area contributed by atoms with Crippen molar-refractivity contribution in [3.05, 3.63) is 59.7 Å². The van der Waals surface area contributed by atoms with Crippen LogP contribution in [0, 0.1) is 5.92 Å². The molecule has 0 amide bonds. The maximum Gasteiger partial charge on any atom is 0.240 e. The fourth-order valence-corrected chi connectivity index (χ4v) is 3.62. The summed E-state index contributed by atoms with van der Waals surface area (Å²) < 4.78 is 32.1. The molecule has 0 saturated carbocycles. The van der Waals surface area contributed by atoms with Crippen molar-refractivity contribution in [1.29, 1.82) is 0 Å². The van der Waals surface area contributed by atoms with E-state index in [2.05, 4.69) is 41.1 Å². The number of rotatable bonds is 10. The molecule has 0 aromatic heterocycles. The van der Waals surface area contributed by atoms with Crippen LogP contribution in [0.4, 0.5) is 0 Å². The van der Waals surface area contributed by atoms with Gasteiger partial charge in [-0.05, 0) is 62.2 Å². The highest BCUT2D eigenvalue weighted by atomic mass is 32.2. The van der Waals surface area contributed by atoms with Crippen LogP contribution < -0.4 is 20.1 Å². The van der Waals surface area contributed by atoms with Crippen LogP contribution in [0.1, 0.15) is 44.9 Å². The summed E-state index contributed by atoms with van der Waals surface area (Å²) in [4.78, 5) is 4.85. The highest BCUT2D eigenvalue weighted by Gasteiger charge is 2.12. The zero-order valence-corrected chi connectivity index (χ0v) is 19.8. The molecular weight excluding hydrogens is 412 g/mol. The third kappa shape index (κ3) is 7.88. The van der Waals surface area contributed by atoms with Crippen molar-refractivity contribution >= 4 is 16.0 Å². The van der Waals surface area contributed by atoms with E-state index >= 15 is 0 Å². The Morgan fingerprint density at radius 3 is 2.42 bits per heavy atom. The van der Waals surface area contributed by atoms with Gasteiger partial charge in [0, 0.05) is 6.54 Å². The van der Waals surface area contributed by atoms with Gasteiger partial charge in [0.2, 0.25) is 10.0 Å². The molecule has 0 saturated heterocycles. The van der Waals surface area contributed by atoms with Crippen LogP contribution in [-0.4, -0.2) is 34.6 Å². The van der Waals surface area contributed by atoms with E-state index in [1.165, 1.54) is 7.05 Å². The molecular formula is C23H34N4O3S. The van der Waals surface area contributed by atoms with Crippen molar-refractivity contribution in [1.82, 2.24) is 15.4 Å². The van der Waals surface area contributed by atoms with Crippen molar-refractivity contribution in [2.45, 2.75) is 45.2 Å². The highest BCUT2D eigenvalue weighted by molar-refractivity contribution is 7.89. The van der Waals surface area contributed by atoms with Gasteiger partial charge in [0.05, 0.1) is 24.1 Å². The number of nitrogens with zero attached hydrogens (tertiary/aromatic N) is 1. The van der Waals surface area contributed by atoms with Crippen molar-refractivity contribution in [2.24, 2.45) is 10.9 Å². The quantitative estimate of drug-likeness (QED) is 0.384. The molecule has 31 heavy (non-hydrogen) atoms. The number of nitrogens with one attached hydrogen (secondary N) is 3. The van der Waals surface area contributed by atoms with E-state index in [1.54, 1.807) is 18.2 Å². The van der Waals surface area contributed by atoms with Gasteiger partial charge in [0.1, 0.15) is 5.75 Å². The Morgan fingerprint density at radius 2 is 1.81 bits per heavy atom. The molecule has 0 bridgehead atoms. The first kappa shape index (κ1) is 24.7. The first-order valence-corrected chi connectivity index (χ1v) is 12.0. The van der Waals surface area contributed by atoms with Gasteiger partial charge in [-0.1, -0.05) is 38.1 Å². The van der Waals surface area contributed by atoms with E-state index in [-0.39, 0.29) is 10.9 Å². The fraction of sp³-hybridized carbons (Fsp3) is 0.435. The molecule has 0 spiro atoms. The summed E-state index contributed by atoms with van der Waals surface area (Å²) in [6.07, 6.45) is 0. The molecule has 0 aliphatic heterocycles. The average molecular weight is 447 g/mol. The molecule has 8 heteroatoms. The topological polar surface area (TPSA) is 91.8 Å². The van der Waals surface area contributed by atoms with Crippen molar-refractivity contribution < 1.29 is 13.2 Å². The van der Waals surface area contributed by atoms with Crippen molar-refractivity contribution in [3.8, 4) is 5.75 Å². The lowest BCUT2D eigenvalue weighted by Gasteiger charge is -2.19. The Balaban J connectivity index is 2.06. The van der Waals surface area contributed by atoms with Gasteiger partial charge in [0.15, 0.2) is 5.96 Å². The van der Waals surface area contributed by atoms with E-state index in [0.717, 1.165) is 16.9 Å². The van der Waals surface area contributed by atoms with E-state index in [4.69, 9.17) is 4.74 Å². The Bertz CT molecular complexity index is 957. The number of aliphatic imine (C=N–C) groups is 1. The number of hydrogen-bond acceptors (Lipinski definition) is 4. The summed E-state index contributed by atoms with van der Waals surface area (Å²) >= 11 is 0. The van der Waals surface area contributed by atoms with Gasteiger partial charge in [-0.3, -0.25) is 0 Å². The number of hydrogen-bond donors (Lipinski definition) is 3. The summed E-state index contributed by atoms with van der Waals surface area (Å²) in [5.41, 5.74) is 1.93. The van der Waals surface area contributed by atoms with E-state index in [1.807, 2.05) is 37.3 Å². The second-order valence-electron chi connectivity index (χ2n) is 7.69. The van der Waals surface area contributed by atoms with Crippen LogP contribution in [0.25, 0.3) is 0 Å². The van der Waals surface area contributed by atoms with E-state index in [0.29, 0.717) is 31.6 Å². The minimum absolute atomic E-state index is 0.0351. The monoisotopic (exact) mass is 446 g/mol. The molecule has 2 aromatic rings. The predicted octanol–water partition coefficient (Wildman–Crippen LogP) is 3.45. The van der Waals surface area contributed by atoms with Crippen LogP contribution >= 0.6 is 0 Å². The van der Waals surface area contributed by atoms with E-state index in [9.17, 15) is 8.42 Å². The summed E-state index contributed by atoms with van der Waals surface area (Å²) in [6, 6.07) is 14.9. The molecule has 0 fully saturated rings. The van der Waals surface area contributed by atoms with E-state index < -0.39 is 10.0 Å². The number of benzene rings is 2. The van der Waals surface area contributed by atoms with Crippen molar-refractivity contribution in [3.63, 3.8) is 0 Å². The summed E-state index contributed by atoms with van der Waals surface area (Å²) in [5.74, 6) is 2.01. The third-order valence-corrected chi connectivity index (χ3v) is 5.97. The zero-order chi connectivity index (χ0) is 22.9. The number of guanidine groups is 1. The molecule has 170 valence electrons. The smallest absolute Gasteiger partial charge is 0.240 e. The minimum atomic E-state index is -3.48. The normalized spacial score (nSPS) is 13.2. The molecule has 3 N–H and O–H groups in total. The predicted molar refractivity (Wildman–Crippen MR) is 126 cm³/mol. The molecule has 0 radical (unpaired) electrons. The van der Waals surface area contributed by atoms with Gasteiger partial charge < -0.3 is 15.4 Å². The standard InChI is InChI=1S/C23H34N4O3S/c1-6-25-23(26-15-19-8-7-9-22(14-19)31(28,29)24-5)27-18(4)20-10-12-21(13-11-20)30-16-17(2)3/h7-14,17-18,24H,6,15-16H2,1-5H3,(H2,25,26,27). The Labute approximate surface area is 186 Å². The summed E-state index contributed by atoms with van der Waals surface area (Å²) in [6.45, 7) is 10.1. The highest BCUT2D eigenvalue weighted by Crippen LogP contribution is 2.18. The molecule has 7 nitrogen and oxygen atoms in total. The molecule has 0 aliphatic rings. The molecule has 0 heterocycles. The van der Waals surface area contributed by atoms with Crippen molar-refractivity contribution in [2.75, 3.05) is 20.2 Å². The van der Waals surface area contributed by atoms with Gasteiger partial charge in [-0.25, -0.2) is 18.1 Å². The lowest BCUT2D eigenvalue weighted by molar-refractivity contribution is 0.271. The fourth-order valence-electron chi connectivity index (χ4n) is 2.82. The maximum atomic E-state index is 12.0. The molecule has 0 aliphatic carbocycles. The minimum Gasteiger partial charge on any atom is -0.493 e. The molecule has 2 rings (SSSR count). The zero-order valence-electron chi connectivity index (χ0n) is 19.0. The van der Waals surface area contributed by atoms with Crippen LogP contribution in [0.3, 0.4) is 0 Å². The third-order valence-electron chi connectivity index (χ3n) is 4.56. The second-order valence-corrected chi connectivity index (χ2v) is 9.58. The Morgan fingerprint density at radius 1 is 1.10 bits per heavy atom. The van der Waals surface area contributed by atoms with Crippen LogP contribution in [0.5, 0.6) is 5.75 Å². The SMILES string of the molecule is CCNC(=NCc1cccc(S(=O)(=O)NC)c1)NC(C)c1ccc(OCC(C)C)cc1. The number of ether oxygens (including phenoxy) is 1. The molecule has 1 atom stereocenters. The lowest BCUT2D eigenvalue weighted by atomic mass is 10.1. The van der Waals surface area contributed by atoms with Crippen LogP contribution in [0.2, 0.25) is 0 Å². The first-order chi connectivity index (χ1) is 14.7. The average Bonchev–Trinajstić information content (AvgIpc) is 2.76. The van der Waals surface area contributed by atoms with Gasteiger partial charge in [-0.15, -0.1) is 0 Å². The maximum absolute atomic E-state index is 12.0. The van der Waals surface area contributed by atoms with Gasteiger partial charge >= 0.3 is 0 Å². The van der Waals surface area contributed by atoms with Gasteiger partial charge in [0.25, 0.3) is 0 Å². The molecule has 2 aromatic carbocycles. The van der Waals surface area contributed by atoms with Crippen LogP contribution in [0.15, 0.2) is 58.4 Å². The van der Waals surface area contributed by atoms with Crippen LogP contribution in [-0.2, 0) is 16.6 Å². The molecule has 1 unspecified atom stereocenters. The summed E-state index contributed by atoms with van der Waals surface area (Å²) in [5, 5.41) is 6.63. The number of sulfonamides is 1. The Hall–Kier alpha value is -2.58. The lowest BCUT2D eigenvalue weighted by Crippen LogP contribution is -2.38. The second kappa shape index (κ2) is 11.7. The van der Waals surface area contributed by atoms with Gasteiger partial charge in [-0.2, -0.15) is 0 Å². The first-order valence-electron chi connectivity index (χ1n) is 10.5.